The van der Waals surface area contributed by atoms with E-state index in [0.29, 0.717) is 5.56 Å². The number of amides is 1. The molecule has 0 saturated carbocycles. The third-order valence-corrected chi connectivity index (χ3v) is 6.24. The van der Waals surface area contributed by atoms with Crippen molar-refractivity contribution < 1.29 is 9.53 Å². The molecule has 0 aliphatic carbocycles. The topological polar surface area (TPSA) is 44.8 Å². The molecule has 3 aromatic rings. The highest BCUT2D eigenvalue weighted by Gasteiger charge is 2.20. The van der Waals surface area contributed by atoms with Gasteiger partial charge >= 0.3 is 0 Å². The Hall–Kier alpha value is -3.47. The van der Waals surface area contributed by atoms with Gasteiger partial charge in [0.1, 0.15) is 5.75 Å². The third kappa shape index (κ3) is 4.57. The van der Waals surface area contributed by atoms with Gasteiger partial charge in [-0.15, -0.1) is 0 Å². The van der Waals surface area contributed by atoms with Gasteiger partial charge < -0.3 is 19.9 Å². The number of para-hydroxylation sites is 1. The van der Waals surface area contributed by atoms with Crippen molar-refractivity contribution in [2.45, 2.75) is 25.7 Å². The van der Waals surface area contributed by atoms with Gasteiger partial charge in [0, 0.05) is 43.1 Å². The lowest BCUT2D eigenvalue weighted by molar-refractivity contribution is 0.102. The van der Waals surface area contributed by atoms with Crippen LogP contribution in [0.2, 0.25) is 0 Å². The van der Waals surface area contributed by atoms with Crippen LogP contribution < -0.4 is 19.9 Å². The lowest BCUT2D eigenvalue weighted by Crippen LogP contribution is -2.20. The summed E-state index contributed by atoms with van der Waals surface area (Å²) < 4.78 is 6.16. The summed E-state index contributed by atoms with van der Waals surface area (Å²) in [7, 11) is 0. The molecule has 1 N–H and O–H groups in total. The molecular formula is C27H29N3O2. The zero-order valence-corrected chi connectivity index (χ0v) is 18.3. The summed E-state index contributed by atoms with van der Waals surface area (Å²) in [5.74, 6) is 1.47. The van der Waals surface area contributed by atoms with Gasteiger partial charge in [0.25, 0.3) is 5.91 Å². The minimum absolute atomic E-state index is 0.106. The fourth-order valence-electron chi connectivity index (χ4n) is 4.50. The molecule has 5 nitrogen and oxygen atoms in total. The van der Waals surface area contributed by atoms with Crippen LogP contribution in [0, 0.1) is 0 Å². The van der Waals surface area contributed by atoms with E-state index in [1.54, 1.807) is 0 Å². The summed E-state index contributed by atoms with van der Waals surface area (Å²) in [5.41, 5.74) is 3.64. The first-order chi connectivity index (χ1) is 15.8. The van der Waals surface area contributed by atoms with Crippen molar-refractivity contribution in [3.05, 3.63) is 78.4 Å². The Balaban J connectivity index is 1.34. The molecule has 0 unspecified atom stereocenters. The lowest BCUT2D eigenvalue weighted by Gasteiger charge is -2.22. The Morgan fingerprint density at radius 3 is 2.09 bits per heavy atom. The average Bonchev–Trinajstić information content (AvgIpc) is 3.55. The van der Waals surface area contributed by atoms with Crippen molar-refractivity contribution in [1.29, 1.82) is 0 Å². The van der Waals surface area contributed by atoms with Crippen LogP contribution in [0.15, 0.2) is 72.8 Å². The number of nitrogens with one attached hydrogen (secondary N) is 1. The summed E-state index contributed by atoms with van der Waals surface area (Å²) >= 11 is 0. The van der Waals surface area contributed by atoms with Crippen LogP contribution in [0.4, 0.5) is 17.1 Å². The van der Waals surface area contributed by atoms with E-state index in [0.717, 1.165) is 61.9 Å². The standard InChI is InChI=1S/C27H29N3O2/c31-27(28-22-11-13-23(14-12-22)29-16-4-5-17-29)21-10-15-26(32-24-8-2-1-3-9-24)25(20-21)30-18-6-7-19-30/h1-3,8-15,20H,4-7,16-19H2,(H,28,31). The Labute approximate surface area is 189 Å². The molecule has 1 amide bonds. The maximum Gasteiger partial charge on any atom is 0.255 e. The van der Waals surface area contributed by atoms with Gasteiger partial charge in [-0.1, -0.05) is 18.2 Å². The number of rotatable bonds is 6. The molecular weight excluding hydrogens is 398 g/mol. The van der Waals surface area contributed by atoms with Gasteiger partial charge in [-0.2, -0.15) is 0 Å². The average molecular weight is 428 g/mol. The second kappa shape index (κ2) is 9.35. The van der Waals surface area contributed by atoms with E-state index in [4.69, 9.17) is 4.74 Å². The van der Waals surface area contributed by atoms with Crippen molar-refractivity contribution in [3.63, 3.8) is 0 Å². The monoisotopic (exact) mass is 427 g/mol. The summed E-state index contributed by atoms with van der Waals surface area (Å²) in [4.78, 5) is 17.7. The van der Waals surface area contributed by atoms with Gasteiger partial charge in [0.2, 0.25) is 0 Å². The predicted octanol–water partition coefficient (Wildman–Crippen LogP) is 5.93. The van der Waals surface area contributed by atoms with Crippen molar-refractivity contribution in [3.8, 4) is 11.5 Å². The zero-order valence-electron chi connectivity index (χ0n) is 18.3. The summed E-state index contributed by atoms with van der Waals surface area (Å²) in [6.45, 7) is 4.19. The van der Waals surface area contributed by atoms with E-state index in [2.05, 4.69) is 27.2 Å². The quantitative estimate of drug-likeness (QED) is 0.529. The molecule has 5 heteroatoms. The van der Waals surface area contributed by atoms with Gasteiger partial charge in [-0.05, 0) is 80.3 Å². The molecule has 32 heavy (non-hydrogen) atoms. The van der Waals surface area contributed by atoms with Crippen LogP contribution >= 0.6 is 0 Å². The molecule has 5 rings (SSSR count). The van der Waals surface area contributed by atoms with Crippen molar-refractivity contribution >= 4 is 23.0 Å². The van der Waals surface area contributed by atoms with Gasteiger partial charge in [0.05, 0.1) is 5.69 Å². The van der Waals surface area contributed by atoms with E-state index < -0.39 is 0 Å². The van der Waals surface area contributed by atoms with Crippen LogP contribution in [0.5, 0.6) is 11.5 Å². The van der Waals surface area contributed by atoms with Crippen LogP contribution in [-0.2, 0) is 0 Å². The zero-order chi connectivity index (χ0) is 21.8. The fraction of sp³-hybridized carbons (Fsp3) is 0.296. The molecule has 2 aliphatic heterocycles. The molecule has 0 radical (unpaired) electrons. The Morgan fingerprint density at radius 1 is 0.750 bits per heavy atom. The van der Waals surface area contributed by atoms with Gasteiger partial charge in [0.15, 0.2) is 5.75 Å². The molecule has 164 valence electrons. The molecule has 2 saturated heterocycles. The van der Waals surface area contributed by atoms with E-state index in [9.17, 15) is 4.79 Å². The molecule has 2 fully saturated rings. The van der Waals surface area contributed by atoms with Crippen LogP contribution in [-0.4, -0.2) is 32.1 Å². The maximum absolute atomic E-state index is 13.0. The molecule has 0 bridgehead atoms. The smallest absolute Gasteiger partial charge is 0.255 e. The number of nitrogens with zero attached hydrogens (tertiary/aromatic N) is 2. The molecule has 0 atom stereocenters. The SMILES string of the molecule is O=C(Nc1ccc(N2CCCC2)cc1)c1ccc(Oc2ccccc2)c(N2CCCC2)c1. The normalized spacial score (nSPS) is 15.8. The minimum Gasteiger partial charge on any atom is -0.455 e. The van der Waals surface area contributed by atoms with Crippen LogP contribution in [0.1, 0.15) is 36.0 Å². The van der Waals surface area contributed by atoms with Gasteiger partial charge in [-0.3, -0.25) is 4.79 Å². The number of ether oxygens (including phenoxy) is 1. The molecule has 2 aliphatic rings. The highest BCUT2D eigenvalue weighted by molar-refractivity contribution is 6.05. The molecule has 0 aromatic heterocycles. The Morgan fingerprint density at radius 2 is 1.41 bits per heavy atom. The van der Waals surface area contributed by atoms with Crippen molar-refractivity contribution in [1.82, 2.24) is 0 Å². The first kappa shape index (κ1) is 20.4. The minimum atomic E-state index is -0.106. The van der Waals surface area contributed by atoms with E-state index >= 15 is 0 Å². The third-order valence-electron chi connectivity index (χ3n) is 6.24. The largest absolute Gasteiger partial charge is 0.455 e. The number of carbonyl (C=O) groups is 1. The number of benzene rings is 3. The Kier molecular flexibility index (Phi) is 5.97. The highest BCUT2D eigenvalue weighted by atomic mass is 16.5. The summed E-state index contributed by atoms with van der Waals surface area (Å²) in [6.07, 6.45) is 4.82. The van der Waals surface area contributed by atoms with E-state index in [-0.39, 0.29) is 5.91 Å². The van der Waals surface area contributed by atoms with Gasteiger partial charge in [-0.25, -0.2) is 0 Å². The molecule has 3 aromatic carbocycles. The first-order valence-electron chi connectivity index (χ1n) is 11.5. The summed E-state index contributed by atoms with van der Waals surface area (Å²) in [5, 5.41) is 3.05. The van der Waals surface area contributed by atoms with Crippen LogP contribution in [0.25, 0.3) is 0 Å². The second-order valence-corrected chi connectivity index (χ2v) is 8.49. The number of hydrogen-bond donors (Lipinski definition) is 1. The van der Waals surface area contributed by atoms with Crippen LogP contribution in [0.3, 0.4) is 0 Å². The number of anilines is 3. The second-order valence-electron chi connectivity index (χ2n) is 8.49. The lowest BCUT2D eigenvalue weighted by atomic mass is 10.1. The van der Waals surface area contributed by atoms with E-state index in [1.165, 1.54) is 18.5 Å². The molecule has 0 spiro atoms. The Bertz CT molecular complexity index is 1050. The number of carbonyl (C=O) groups excluding carboxylic acids is 1. The number of hydrogen-bond acceptors (Lipinski definition) is 4. The van der Waals surface area contributed by atoms with E-state index in [1.807, 2.05) is 60.7 Å². The van der Waals surface area contributed by atoms with Crippen molar-refractivity contribution in [2.24, 2.45) is 0 Å². The maximum atomic E-state index is 13.0. The van der Waals surface area contributed by atoms with Crippen molar-refractivity contribution in [2.75, 3.05) is 41.3 Å². The fourth-order valence-corrected chi connectivity index (χ4v) is 4.50. The first-order valence-corrected chi connectivity index (χ1v) is 11.5. The summed E-state index contributed by atoms with van der Waals surface area (Å²) in [6, 6.07) is 23.6. The predicted molar refractivity (Wildman–Crippen MR) is 130 cm³/mol. The highest BCUT2D eigenvalue weighted by Crippen LogP contribution is 2.35. The molecule has 2 heterocycles.